The molecule has 0 unspecified atom stereocenters. The zero-order valence-corrected chi connectivity index (χ0v) is 11.9. The molecule has 6 heteroatoms. The van der Waals surface area contributed by atoms with Crippen molar-refractivity contribution < 1.29 is 9.59 Å². The van der Waals surface area contributed by atoms with E-state index < -0.39 is 5.91 Å². The number of rotatable bonds is 4. The Morgan fingerprint density at radius 1 is 1.30 bits per heavy atom. The van der Waals surface area contributed by atoms with Gasteiger partial charge in [-0.15, -0.1) is 0 Å². The molecule has 20 heavy (non-hydrogen) atoms. The van der Waals surface area contributed by atoms with Crippen LogP contribution in [-0.4, -0.2) is 29.3 Å². The van der Waals surface area contributed by atoms with Crippen LogP contribution < -0.4 is 11.5 Å². The number of amides is 2. The van der Waals surface area contributed by atoms with Gasteiger partial charge in [-0.3, -0.25) is 9.59 Å². The average molecular weight is 296 g/mol. The summed E-state index contributed by atoms with van der Waals surface area (Å²) in [4.78, 5) is 25.4. The van der Waals surface area contributed by atoms with Crippen molar-refractivity contribution >= 4 is 29.1 Å². The van der Waals surface area contributed by atoms with E-state index >= 15 is 0 Å². The molecule has 2 rings (SSSR count). The third-order valence-electron chi connectivity index (χ3n) is 3.61. The Hall–Kier alpha value is -1.75. The van der Waals surface area contributed by atoms with Crippen LogP contribution >= 0.6 is 11.6 Å². The number of nitrogen functional groups attached to an aromatic ring is 1. The minimum atomic E-state index is -0.523. The molecule has 0 atom stereocenters. The highest BCUT2D eigenvalue weighted by Crippen LogP contribution is 2.28. The second-order valence-electron chi connectivity index (χ2n) is 5.05. The van der Waals surface area contributed by atoms with E-state index in [-0.39, 0.29) is 23.5 Å². The van der Waals surface area contributed by atoms with Gasteiger partial charge in [-0.05, 0) is 25.0 Å². The third kappa shape index (κ3) is 3.04. The van der Waals surface area contributed by atoms with Crippen LogP contribution in [0.25, 0.3) is 0 Å². The van der Waals surface area contributed by atoms with Crippen LogP contribution in [0.3, 0.4) is 0 Å². The number of nitrogens with zero attached hydrogens (tertiary/aromatic N) is 1. The van der Waals surface area contributed by atoms with E-state index in [4.69, 9.17) is 23.1 Å². The topological polar surface area (TPSA) is 89.4 Å². The lowest BCUT2D eigenvalue weighted by Gasteiger charge is -2.28. The highest BCUT2D eigenvalue weighted by Gasteiger charge is 2.29. The van der Waals surface area contributed by atoms with Gasteiger partial charge < -0.3 is 16.4 Å². The quantitative estimate of drug-likeness (QED) is 0.830. The van der Waals surface area contributed by atoms with Gasteiger partial charge in [-0.25, -0.2) is 0 Å². The smallest absolute Gasteiger partial charge is 0.256 e. The third-order valence-corrected chi connectivity index (χ3v) is 4.03. The molecule has 0 radical (unpaired) electrons. The molecule has 0 aliphatic heterocycles. The number of nitrogens with two attached hydrogens (primary N) is 2. The number of primary amides is 1. The Morgan fingerprint density at radius 2 is 1.95 bits per heavy atom. The molecule has 1 aromatic rings. The standard InChI is InChI=1S/C14H18ClN3O2/c15-13-10(6-3-7-11(13)16)14(20)18(8-12(17)19)9-4-1-2-5-9/h3,6-7,9H,1-2,4-5,8,16H2,(H2,17,19). The molecule has 0 spiro atoms. The van der Waals surface area contributed by atoms with Crippen molar-refractivity contribution in [3.63, 3.8) is 0 Å². The van der Waals surface area contributed by atoms with Gasteiger partial charge in [-0.2, -0.15) is 0 Å². The molecule has 1 fully saturated rings. The van der Waals surface area contributed by atoms with Crippen LogP contribution in [-0.2, 0) is 4.79 Å². The molecular weight excluding hydrogens is 278 g/mol. The van der Waals surface area contributed by atoms with Crippen molar-refractivity contribution in [3.05, 3.63) is 28.8 Å². The van der Waals surface area contributed by atoms with E-state index in [2.05, 4.69) is 0 Å². The summed E-state index contributed by atoms with van der Waals surface area (Å²) in [6.07, 6.45) is 3.88. The maximum atomic E-state index is 12.6. The van der Waals surface area contributed by atoms with Crippen LogP contribution in [0.2, 0.25) is 5.02 Å². The summed E-state index contributed by atoms with van der Waals surface area (Å²) >= 11 is 6.09. The van der Waals surface area contributed by atoms with Crippen molar-refractivity contribution in [3.8, 4) is 0 Å². The highest BCUT2D eigenvalue weighted by molar-refractivity contribution is 6.36. The van der Waals surface area contributed by atoms with Gasteiger partial charge in [0.25, 0.3) is 5.91 Å². The molecule has 1 aromatic carbocycles. The van der Waals surface area contributed by atoms with Crippen molar-refractivity contribution in [2.45, 2.75) is 31.7 Å². The van der Waals surface area contributed by atoms with E-state index in [0.29, 0.717) is 11.3 Å². The average Bonchev–Trinajstić information content (AvgIpc) is 2.92. The van der Waals surface area contributed by atoms with E-state index in [1.54, 1.807) is 18.2 Å². The first-order valence-corrected chi connectivity index (χ1v) is 7.01. The van der Waals surface area contributed by atoms with Gasteiger partial charge in [0.1, 0.15) is 0 Å². The lowest BCUT2D eigenvalue weighted by molar-refractivity contribution is -0.119. The van der Waals surface area contributed by atoms with Gasteiger partial charge in [-0.1, -0.05) is 30.5 Å². The van der Waals surface area contributed by atoms with Crippen molar-refractivity contribution in [1.29, 1.82) is 0 Å². The van der Waals surface area contributed by atoms with Crippen molar-refractivity contribution in [2.24, 2.45) is 5.73 Å². The summed E-state index contributed by atoms with van der Waals surface area (Å²) in [6.45, 7) is -0.0887. The molecule has 2 amide bonds. The minimum absolute atomic E-state index is 0.0486. The molecule has 1 aliphatic carbocycles. The summed E-state index contributed by atoms with van der Waals surface area (Å²) in [6, 6.07) is 4.97. The van der Waals surface area contributed by atoms with E-state index in [0.717, 1.165) is 25.7 Å². The maximum Gasteiger partial charge on any atom is 0.256 e. The normalized spacial score (nSPS) is 15.2. The van der Waals surface area contributed by atoms with Crippen molar-refractivity contribution in [1.82, 2.24) is 4.90 Å². The monoisotopic (exact) mass is 295 g/mol. The SMILES string of the molecule is NC(=O)CN(C(=O)c1cccc(N)c1Cl)C1CCCC1. The van der Waals surface area contributed by atoms with Crippen LogP contribution in [0, 0.1) is 0 Å². The number of benzene rings is 1. The Bertz CT molecular complexity index is 527. The Kier molecular flexibility index (Phi) is 4.49. The minimum Gasteiger partial charge on any atom is -0.398 e. The molecule has 0 heterocycles. The van der Waals surface area contributed by atoms with Gasteiger partial charge in [0.2, 0.25) is 5.91 Å². The highest BCUT2D eigenvalue weighted by atomic mass is 35.5. The molecular formula is C14H18ClN3O2. The number of carbonyl (C=O) groups is 2. The predicted molar refractivity (Wildman–Crippen MR) is 78.4 cm³/mol. The number of carbonyl (C=O) groups excluding carboxylic acids is 2. The Morgan fingerprint density at radius 3 is 2.55 bits per heavy atom. The van der Waals surface area contributed by atoms with E-state index in [1.165, 1.54) is 4.90 Å². The summed E-state index contributed by atoms with van der Waals surface area (Å²) in [7, 11) is 0. The second kappa shape index (κ2) is 6.13. The summed E-state index contributed by atoms with van der Waals surface area (Å²) < 4.78 is 0. The lowest BCUT2D eigenvalue weighted by atomic mass is 10.1. The zero-order chi connectivity index (χ0) is 14.7. The number of halogens is 1. The molecule has 0 aromatic heterocycles. The molecule has 0 bridgehead atoms. The van der Waals surface area contributed by atoms with Crippen molar-refractivity contribution in [2.75, 3.05) is 12.3 Å². The number of hydrogen-bond acceptors (Lipinski definition) is 3. The lowest BCUT2D eigenvalue weighted by Crippen LogP contribution is -2.44. The fourth-order valence-electron chi connectivity index (χ4n) is 2.62. The fraction of sp³-hybridized carbons (Fsp3) is 0.429. The van der Waals surface area contributed by atoms with Gasteiger partial charge in [0, 0.05) is 6.04 Å². The molecule has 1 saturated carbocycles. The molecule has 4 N–H and O–H groups in total. The fourth-order valence-corrected chi connectivity index (χ4v) is 2.83. The molecule has 0 saturated heterocycles. The van der Waals surface area contributed by atoms with Crippen LogP contribution in [0.1, 0.15) is 36.0 Å². The van der Waals surface area contributed by atoms with E-state index in [9.17, 15) is 9.59 Å². The van der Waals surface area contributed by atoms with Crippen LogP contribution in [0.5, 0.6) is 0 Å². The summed E-state index contributed by atoms with van der Waals surface area (Å²) in [5.74, 6) is -0.807. The largest absolute Gasteiger partial charge is 0.398 e. The van der Waals surface area contributed by atoms with Gasteiger partial charge in [0.15, 0.2) is 0 Å². The first-order chi connectivity index (χ1) is 9.50. The van der Waals surface area contributed by atoms with E-state index in [1.807, 2.05) is 0 Å². The zero-order valence-electron chi connectivity index (χ0n) is 11.1. The number of hydrogen-bond donors (Lipinski definition) is 2. The first kappa shape index (κ1) is 14.7. The molecule has 5 nitrogen and oxygen atoms in total. The Labute approximate surface area is 122 Å². The van der Waals surface area contributed by atoms with Gasteiger partial charge >= 0.3 is 0 Å². The molecule has 1 aliphatic rings. The predicted octanol–water partition coefficient (Wildman–Crippen LogP) is 1.79. The second-order valence-corrected chi connectivity index (χ2v) is 5.42. The summed E-state index contributed by atoms with van der Waals surface area (Å²) in [5, 5.41) is 0.227. The Balaban J connectivity index is 2.29. The van der Waals surface area contributed by atoms with Crippen LogP contribution in [0.15, 0.2) is 18.2 Å². The van der Waals surface area contributed by atoms with Crippen LogP contribution in [0.4, 0.5) is 5.69 Å². The maximum absolute atomic E-state index is 12.6. The molecule has 108 valence electrons. The summed E-state index contributed by atoms with van der Waals surface area (Å²) in [5.41, 5.74) is 11.6. The first-order valence-electron chi connectivity index (χ1n) is 6.64. The van der Waals surface area contributed by atoms with Gasteiger partial charge in [0.05, 0.1) is 22.8 Å². The number of anilines is 1.